The van der Waals surface area contributed by atoms with Crippen LogP contribution < -0.4 is 10.2 Å². The van der Waals surface area contributed by atoms with Crippen LogP contribution in [0.3, 0.4) is 0 Å². The van der Waals surface area contributed by atoms with Crippen molar-refractivity contribution in [3.8, 4) is 11.3 Å². The molecule has 122 valence electrons. The van der Waals surface area contributed by atoms with E-state index in [0.29, 0.717) is 17.1 Å². The zero-order chi connectivity index (χ0) is 17.1. The number of hydrogen-bond acceptors (Lipinski definition) is 3. The quantitative estimate of drug-likeness (QED) is 0.772. The zero-order valence-corrected chi connectivity index (χ0v) is 13.4. The van der Waals surface area contributed by atoms with Gasteiger partial charge in [-0.1, -0.05) is 0 Å². The first-order chi connectivity index (χ1) is 11.5. The van der Waals surface area contributed by atoms with Crippen LogP contribution in [-0.4, -0.2) is 30.2 Å². The van der Waals surface area contributed by atoms with Gasteiger partial charge in [-0.25, -0.2) is 4.39 Å². The van der Waals surface area contributed by atoms with Crippen molar-refractivity contribution in [2.24, 2.45) is 0 Å². The minimum absolute atomic E-state index is 0.284. The smallest absolute Gasteiger partial charge is 0.273 e. The Morgan fingerprint density at radius 2 is 1.75 bits per heavy atom. The zero-order valence-electron chi connectivity index (χ0n) is 13.4. The molecule has 0 atom stereocenters. The van der Waals surface area contributed by atoms with Crippen LogP contribution in [0.1, 0.15) is 10.5 Å². The number of nitrogens with zero attached hydrogens (tertiary/aromatic N) is 2. The van der Waals surface area contributed by atoms with Gasteiger partial charge in [0.25, 0.3) is 5.91 Å². The fourth-order valence-electron chi connectivity index (χ4n) is 2.25. The number of halogens is 1. The highest BCUT2D eigenvalue weighted by molar-refractivity contribution is 6.03. The predicted octanol–water partition coefficient (Wildman–Crippen LogP) is 3.53. The van der Waals surface area contributed by atoms with Gasteiger partial charge in [0.1, 0.15) is 11.5 Å². The Bertz CT molecular complexity index is 838. The molecule has 2 N–H and O–H groups in total. The fraction of sp³-hybridized carbons (Fsp3) is 0.111. The third kappa shape index (κ3) is 3.43. The number of amides is 1. The molecular weight excluding hydrogens is 307 g/mol. The largest absolute Gasteiger partial charge is 0.378 e. The summed E-state index contributed by atoms with van der Waals surface area (Å²) in [6.07, 6.45) is 0. The van der Waals surface area contributed by atoms with Crippen LogP contribution in [0.5, 0.6) is 0 Å². The van der Waals surface area contributed by atoms with E-state index in [2.05, 4.69) is 15.5 Å². The van der Waals surface area contributed by atoms with E-state index < -0.39 is 0 Å². The maximum Gasteiger partial charge on any atom is 0.273 e. The fourth-order valence-corrected chi connectivity index (χ4v) is 2.25. The summed E-state index contributed by atoms with van der Waals surface area (Å²) in [5, 5.41) is 9.62. The summed E-state index contributed by atoms with van der Waals surface area (Å²) in [7, 11) is 3.91. The summed E-state index contributed by atoms with van der Waals surface area (Å²) in [5.41, 5.74) is 3.41. The second-order valence-corrected chi connectivity index (χ2v) is 5.57. The van der Waals surface area contributed by atoms with E-state index in [4.69, 9.17) is 0 Å². The lowest BCUT2D eigenvalue weighted by Crippen LogP contribution is -2.13. The van der Waals surface area contributed by atoms with E-state index in [1.165, 1.54) is 12.1 Å². The Labute approximate surface area is 139 Å². The molecule has 5 nitrogen and oxygen atoms in total. The average Bonchev–Trinajstić information content (AvgIpc) is 3.06. The molecule has 1 heterocycles. The number of carbonyl (C=O) groups is 1. The minimum atomic E-state index is -0.312. The third-order valence-corrected chi connectivity index (χ3v) is 3.60. The van der Waals surface area contributed by atoms with Crippen molar-refractivity contribution in [2.45, 2.75) is 0 Å². The van der Waals surface area contributed by atoms with Crippen LogP contribution in [0, 0.1) is 5.82 Å². The molecule has 0 radical (unpaired) electrons. The maximum absolute atomic E-state index is 13.0. The van der Waals surface area contributed by atoms with E-state index in [-0.39, 0.29) is 11.7 Å². The number of rotatable bonds is 4. The topological polar surface area (TPSA) is 61.0 Å². The van der Waals surface area contributed by atoms with E-state index in [1.807, 2.05) is 43.3 Å². The molecule has 0 aliphatic carbocycles. The number of hydrogen-bond donors (Lipinski definition) is 2. The third-order valence-electron chi connectivity index (χ3n) is 3.60. The monoisotopic (exact) mass is 324 g/mol. The molecule has 0 aliphatic rings. The van der Waals surface area contributed by atoms with Gasteiger partial charge in [0.2, 0.25) is 0 Å². The van der Waals surface area contributed by atoms with Crippen LogP contribution in [0.25, 0.3) is 11.3 Å². The summed E-state index contributed by atoms with van der Waals surface area (Å²) < 4.78 is 13.0. The first-order valence-electron chi connectivity index (χ1n) is 7.43. The summed E-state index contributed by atoms with van der Waals surface area (Å²) in [4.78, 5) is 14.3. The van der Waals surface area contributed by atoms with Crippen molar-refractivity contribution in [1.29, 1.82) is 0 Å². The second kappa shape index (κ2) is 6.54. The van der Waals surface area contributed by atoms with Crippen LogP contribution in [-0.2, 0) is 0 Å². The molecule has 0 saturated heterocycles. The van der Waals surface area contributed by atoms with Gasteiger partial charge in [-0.15, -0.1) is 0 Å². The number of nitrogens with one attached hydrogen (secondary N) is 2. The van der Waals surface area contributed by atoms with Crippen molar-refractivity contribution in [3.05, 3.63) is 66.1 Å². The highest BCUT2D eigenvalue weighted by Crippen LogP contribution is 2.19. The van der Waals surface area contributed by atoms with E-state index >= 15 is 0 Å². The molecule has 1 amide bonds. The number of anilines is 2. The Kier molecular flexibility index (Phi) is 4.29. The normalized spacial score (nSPS) is 10.5. The molecule has 3 aromatic rings. The molecule has 0 aliphatic heterocycles. The molecule has 2 aromatic carbocycles. The molecule has 1 aromatic heterocycles. The van der Waals surface area contributed by atoms with E-state index in [0.717, 1.165) is 11.3 Å². The van der Waals surface area contributed by atoms with Crippen LogP contribution in [0.4, 0.5) is 15.8 Å². The SMILES string of the molecule is CN(C)c1ccc(NC(=O)c2cc(-c3ccc(F)cc3)n[nH]2)cc1. The van der Waals surface area contributed by atoms with Crippen LogP contribution in [0.2, 0.25) is 0 Å². The van der Waals surface area contributed by atoms with Gasteiger partial charge in [-0.05, 0) is 54.6 Å². The van der Waals surface area contributed by atoms with E-state index in [9.17, 15) is 9.18 Å². The Morgan fingerprint density at radius 3 is 2.38 bits per heavy atom. The first-order valence-corrected chi connectivity index (χ1v) is 7.43. The minimum Gasteiger partial charge on any atom is -0.378 e. The van der Waals surface area contributed by atoms with Crippen LogP contribution >= 0.6 is 0 Å². The Hall–Kier alpha value is -3.15. The van der Waals surface area contributed by atoms with Crippen molar-refractivity contribution in [2.75, 3.05) is 24.3 Å². The summed E-state index contributed by atoms with van der Waals surface area (Å²) in [6.45, 7) is 0. The molecule has 0 bridgehead atoms. The number of benzene rings is 2. The molecule has 0 saturated carbocycles. The van der Waals surface area contributed by atoms with Crippen LogP contribution in [0.15, 0.2) is 54.6 Å². The first kappa shape index (κ1) is 15.7. The van der Waals surface area contributed by atoms with Gasteiger partial charge < -0.3 is 10.2 Å². The molecule has 24 heavy (non-hydrogen) atoms. The molecule has 0 fully saturated rings. The standard InChI is InChI=1S/C18H17FN4O/c1-23(2)15-9-7-14(8-10-15)20-18(24)17-11-16(21-22-17)12-3-5-13(19)6-4-12/h3-11H,1-2H3,(H,20,24)(H,21,22). The number of aromatic amines is 1. The lowest BCUT2D eigenvalue weighted by atomic mass is 10.1. The van der Waals surface area contributed by atoms with Gasteiger partial charge in [-0.3, -0.25) is 9.89 Å². The maximum atomic E-state index is 13.0. The van der Waals surface area contributed by atoms with Crippen molar-refractivity contribution in [3.63, 3.8) is 0 Å². The van der Waals surface area contributed by atoms with Crippen molar-refractivity contribution < 1.29 is 9.18 Å². The predicted molar refractivity (Wildman–Crippen MR) is 92.7 cm³/mol. The Balaban J connectivity index is 1.72. The van der Waals surface area contributed by atoms with Gasteiger partial charge in [0, 0.05) is 31.0 Å². The lowest BCUT2D eigenvalue weighted by molar-refractivity contribution is 0.102. The lowest BCUT2D eigenvalue weighted by Gasteiger charge is -2.12. The molecular formula is C18H17FN4O. The van der Waals surface area contributed by atoms with Gasteiger partial charge in [-0.2, -0.15) is 5.10 Å². The molecule has 6 heteroatoms. The van der Waals surface area contributed by atoms with Crippen molar-refractivity contribution in [1.82, 2.24) is 10.2 Å². The van der Waals surface area contributed by atoms with Crippen molar-refractivity contribution >= 4 is 17.3 Å². The average molecular weight is 324 g/mol. The second-order valence-electron chi connectivity index (χ2n) is 5.57. The Morgan fingerprint density at radius 1 is 1.08 bits per heavy atom. The summed E-state index contributed by atoms with van der Waals surface area (Å²) in [6, 6.07) is 15.1. The van der Waals surface area contributed by atoms with Gasteiger partial charge in [0.05, 0.1) is 5.69 Å². The molecule has 3 rings (SSSR count). The highest BCUT2D eigenvalue weighted by Gasteiger charge is 2.11. The number of H-pyrrole nitrogens is 1. The molecule has 0 spiro atoms. The van der Waals surface area contributed by atoms with E-state index in [1.54, 1.807) is 18.2 Å². The van der Waals surface area contributed by atoms with Gasteiger partial charge in [0.15, 0.2) is 0 Å². The highest BCUT2D eigenvalue weighted by atomic mass is 19.1. The van der Waals surface area contributed by atoms with Gasteiger partial charge >= 0.3 is 0 Å². The molecule has 0 unspecified atom stereocenters. The number of aromatic nitrogens is 2. The summed E-state index contributed by atoms with van der Waals surface area (Å²) in [5.74, 6) is -0.595. The summed E-state index contributed by atoms with van der Waals surface area (Å²) >= 11 is 0. The number of carbonyl (C=O) groups excluding carboxylic acids is 1.